The highest BCUT2D eigenvalue weighted by Gasteiger charge is 2.34. The molecule has 1 aliphatic rings. The first kappa shape index (κ1) is 14.0. The number of benzene rings is 1. The van der Waals surface area contributed by atoms with Gasteiger partial charge in [-0.05, 0) is 11.6 Å². The number of carbonyl (C=O) groups is 1. The summed E-state index contributed by atoms with van der Waals surface area (Å²) >= 11 is 0. The van der Waals surface area contributed by atoms with Gasteiger partial charge in [0.05, 0.1) is 18.8 Å². The van der Waals surface area contributed by atoms with Crippen LogP contribution in [0.2, 0.25) is 0 Å². The highest BCUT2D eigenvalue weighted by Crippen LogP contribution is 2.33. The Hall–Kier alpha value is -1.40. The van der Waals surface area contributed by atoms with Gasteiger partial charge in [-0.25, -0.2) is 0 Å². The Labute approximate surface area is 109 Å². The number of rotatable bonds is 3. The molecule has 1 saturated heterocycles. The maximum absolute atomic E-state index is 13.0. The van der Waals surface area contributed by atoms with Crippen molar-refractivity contribution in [2.45, 2.75) is 12.7 Å². The third-order valence-electron chi connectivity index (χ3n) is 3.07. The third kappa shape index (κ3) is 3.54. The van der Waals surface area contributed by atoms with Gasteiger partial charge >= 0.3 is 6.18 Å². The Morgan fingerprint density at radius 3 is 2.53 bits per heavy atom. The van der Waals surface area contributed by atoms with Crippen molar-refractivity contribution in [1.29, 1.82) is 0 Å². The van der Waals surface area contributed by atoms with Crippen molar-refractivity contribution in [3.63, 3.8) is 0 Å². The Balaban J connectivity index is 2.25. The Morgan fingerprint density at radius 2 is 1.95 bits per heavy atom. The first-order valence-electron chi connectivity index (χ1n) is 5.96. The summed E-state index contributed by atoms with van der Waals surface area (Å²) in [5, 5.41) is 0. The van der Waals surface area contributed by atoms with Gasteiger partial charge in [-0.1, -0.05) is 12.1 Å². The second-order valence-electron chi connectivity index (χ2n) is 4.42. The maximum Gasteiger partial charge on any atom is 0.416 e. The third-order valence-corrected chi connectivity index (χ3v) is 3.07. The Bertz CT molecular complexity index is 454. The molecule has 0 unspecified atom stereocenters. The molecular weight excluding hydrogens is 259 g/mol. The van der Waals surface area contributed by atoms with E-state index in [1.54, 1.807) is 0 Å². The molecule has 1 aliphatic heterocycles. The van der Waals surface area contributed by atoms with Crippen molar-refractivity contribution in [3.8, 4) is 0 Å². The summed E-state index contributed by atoms with van der Waals surface area (Å²) in [5.41, 5.74) is -0.498. The number of ether oxygens (including phenoxy) is 1. The molecular formula is C13H14F3NO2. The molecule has 1 aromatic rings. The number of carbonyl (C=O) groups excluding carboxylic acids is 1. The quantitative estimate of drug-likeness (QED) is 0.792. The summed E-state index contributed by atoms with van der Waals surface area (Å²) in [6, 6.07) is 3.70. The minimum atomic E-state index is -4.44. The van der Waals surface area contributed by atoms with Gasteiger partial charge in [0, 0.05) is 25.2 Å². The fourth-order valence-electron chi connectivity index (χ4n) is 2.07. The lowest BCUT2D eigenvalue weighted by Crippen LogP contribution is -2.36. The summed E-state index contributed by atoms with van der Waals surface area (Å²) in [4.78, 5) is 12.5. The Morgan fingerprint density at radius 1 is 1.26 bits per heavy atom. The molecule has 0 radical (unpaired) electrons. The summed E-state index contributed by atoms with van der Waals surface area (Å²) in [7, 11) is 0. The predicted molar refractivity (Wildman–Crippen MR) is 62.9 cm³/mol. The number of aldehydes is 1. The highest BCUT2D eigenvalue weighted by atomic mass is 19.4. The van der Waals surface area contributed by atoms with Crippen LogP contribution < -0.4 is 0 Å². The van der Waals surface area contributed by atoms with E-state index in [1.807, 2.05) is 4.90 Å². The van der Waals surface area contributed by atoms with E-state index in [2.05, 4.69) is 0 Å². The number of halogens is 3. The van der Waals surface area contributed by atoms with Crippen molar-refractivity contribution in [1.82, 2.24) is 4.90 Å². The van der Waals surface area contributed by atoms with E-state index < -0.39 is 11.7 Å². The topological polar surface area (TPSA) is 29.5 Å². The number of hydrogen-bond acceptors (Lipinski definition) is 3. The van der Waals surface area contributed by atoms with Crippen molar-refractivity contribution in [2.75, 3.05) is 26.3 Å². The first-order valence-corrected chi connectivity index (χ1v) is 5.96. The van der Waals surface area contributed by atoms with E-state index in [1.165, 1.54) is 12.1 Å². The van der Waals surface area contributed by atoms with Crippen LogP contribution in [0.4, 0.5) is 13.2 Å². The van der Waals surface area contributed by atoms with Crippen LogP contribution in [-0.2, 0) is 17.5 Å². The second-order valence-corrected chi connectivity index (χ2v) is 4.42. The zero-order valence-electron chi connectivity index (χ0n) is 10.2. The molecule has 1 fully saturated rings. The van der Waals surface area contributed by atoms with Crippen LogP contribution in [0.25, 0.3) is 0 Å². The fourth-order valence-corrected chi connectivity index (χ4v) is 2.07. The molecule has 2 rings (SSSR count). The van der Waals surface area contributed by atoms with Crippen molar-refractivity contribution in [3.05, 3.63) is 34.9 Å². The zero-order valence-corrected chi connectivity index (χ0v) is 10.2. The minimum absolute atomic E-state index is 0.0399. The standard InChI is InChI=1S/C13H14F3NO2/c14-13(15,16)12-7-10(9-18)1-2-11(12)8-17-3-5-19-6-4-17/h1-2,7,9H,3-6,8H2. The molecule has 0 spiro atoms. The summed E-state index contributed by atoms with van der Waals surface area (Å²) in [6.07, 6.45) is -4.02. The van der Waals surface area contributed by atoms with E-state index in [0.29, 0.717) is 32.6 Å². The smallest absolute Gasteiger partial charge is 0.379 e. The van der Waals surface area contributed by atoms with Crippen LogP contribution in [-0.4, -0.2) is 37.5 Å². The molecule has 19 heavy (non-hydrogen) atoms. The van der Waals surface area contributed by atoms with Crippen molar-refractivity contribution >= 4 is 6.29 Å². The van der Waals surface area contributed by atoms with Gasteiger partial charge in [0.15, 0.2) is 0 Å². The average Bonchev–Trinajstić information content (AvgIpc) is 2.39. The molecule has 0 aliphatic carbocycles. The molecule has 3 nitrogen and oxygen atoms in total. The molecule has 0 N–H and O–H groups in total. The lowest BCUT2D eigenvalue weighted by atomic mass is 10.0. The maximum atomic E-state index is 13.0. The molecule has 1 aromatic carbocycles. The molecule has 104 valence electrons. The fraction of sp³-hybridized carbons (Fsp3) is 0.462. The molecule has 1 heterocycles. The van der Waals surface area contributed by atoms with Crippen LogP contribution in [0.3, 0.4) is 0 Å². The van der Waals surface area contributed by atoms with Gasteiger partial charge in [-0.3, -0.25) is 9.69 Å². The average molecular weight is 273 g/mol. The lowest BCUT2D eigenvalue weighted by molar-refractivity contribution is -0.138. The largest absolute Gasteiger partial charge is 0.416 e. The minimum Gasteiger partial charge on any atom is -0.379 e. The number of hydrogen-bond donors (Lipinski definition) is 0. The molecule has 0 saturated carbocycles. The van der Waals surface area contributed by atoms with Gasteiger partial charge in [0.25, 0.3) is 0 Å². The zero-order chi connectivity index (χ0) is 13.9. The van der Waals surface area contributed by atoms with Gasteiger partial charge in [-0.15, -0.1) is 0 Å². The van der Waals surface area contributed by atoms with E-state index in [-0.39, 0.29) is 17.7 Å². The summed E-state index contributed by atoms with van der Waals surface area (Å²) in [5.74, 6) is 0. The highest BCUT2D eigenvalue weighted by molar-refractivity contribution is 5.75. The van der Waals surface area contributed by atoms with Gasteiger partial charge in [0.2, 0.25) is 0 Å². The van der Waals surface area contributed by atoms with E-state index in [9.17, 15) is 18.0 Å². The van der Waals surface area contributed by atoms with Crippen LogP contribution in [0.5, 0.6) is 0 Å². The van der Waals surface area contributed by atoms with Crippen molar-refractivity contribution in [2.24, 2.45) is 0 Å². The van der Waals surface area contributed by atoms with E-state index >= 15 is 0 Å². The molecule has 0 atom stereocenters. The SMILES string of the molecule is O=Cc1ccc(CN2CCOCC2)c(C(F)(F)F)c1. The second kappa shape index (κ2) is 5.71. The van der Waals surface area contributed by atoms with E-state index in [4.69, 9.17) is 4.74 Å². The predicted octanol–water partition coefficient (Wildman–Crippen LogP) is 2.35. The Kier molecular flexibility index (Phi) is 4.21. The summed E-state index contributed by atoms with van der Waals surface area (Å²) < 4.78 is 44.0. The molecule has 0 amide bonds. The monoisotopic (exact) mass is 273 g/mol. The van der Waals surface area contributed by atoms with Gasteiger partial charge in [-0.2, -0.15) is 13.2 Å². The van der Waals surface area contributed by atoms with E-state index in [0.717, 1.165) is 6.07 Å². The van der Waals surface area contributed by atoms with Crippen LogP contribution >= 0.6 is 0 Å². The van der Waals surface area contributed by atoms with Crippen LogP contribution in [0.1, 0.15) is 21.5 Å². The van der Waals surface area contributed by atoms with Crippen LogP contribution in [0.15, 0.2) is 18.2 Å². The summed E-state index contributed by atoms with van der Waals surface area (Å²) in [6.45, 7) is 2.53. The number of nitrogens with zero attached hydrogens (tertiary/aromatic N) is 1. The number of alkyl halides is 3. The van der Waals surface area contributed by atoms with Crippen LogP contribution in [0, 0.1) is 0 Å². The molecule has 6 heteroatoms. The van der Waals surface area contributed by atoms with Crippen molar-refractivity contribution < 1.29 is 22.7 Å². The lowest BCUT2D eigenvalue weighted by Gasteiger charge is -2.27. The van der Waals surface area contributed by atoms with Gasteiger partial charge in [0.1, 0.15) is 6.29 Å². The molecule has 0 bridgehead atoms. The normalized spacial score (nSPS) is 17.4. The first-order chi connectivity index (χ1) is 9.00. The molecule has 0 aromatic heterocycles. The number of morpholine rings is 1. The van der Waals surface area contributed by atoms with Gasteiger partial charge < -0.3 is 4.74 Å².